The van der Waals surface area contributed by atoms with Crippen LogP contribution in [0, 0.1) is 0 Å². The molecule has 5 nitrogen and oxygen atoms in total. The highest BCUT2D eigenvalue weighted by Gasteiger charge is 2.20. The molecule has 0 aromatic carbocycles. The second-order valence-corrected chi connectivity index (χ2v) is 4.73. The van der Waals surface area contributed by atoms with Gasteiger partial charge in [-0.25, -0.2) is 0 Å². The van der Waals surface area contributed by atoms with Crippen molar-refractivity contribution in [2.75, 3.05) is 26.2 Å². The van der Waals surface area contributed by atoms with E-state index in [2.05, 4.69) is 0 Å². The molecule has 1 aromatic rings. The van der Waals surface area contributed by atoms with Crippen molar-refractivity contribution in [3.63, 3.8) is 0 Å². The first-order valence-electron chi connectivity index (χ1n) is 6.81. The Hall–Kier alpha value is -1.78. The van der Waals surface area contributed by atoms with E-state index in [0.29, 0.717) is 25.1 Å². The highest BCUT2D eigenvalue weighted by molar-refractivity contribution is 5.94. The van der Waals surface area contributed by atoms with E-state index in [4.69, 9.17) is 4.42 Å². The molecule has 1 saturated heterocycles. The van der Waals surface area contributed by atoms with Gasteiger partial charge in [-0.1, -0.05) is 0 Å². The monoisotopic (exact) mass is 264 g/mol. The number of hydrogen-bond acceptors (Lipinski definition) is 3. The van der Waals surface area contributed by atoms with Gasteiger partial charge in [0.15, 0.2) is 0 Å². The Labute approximate surface area is 113 Å². The molecule has 1 aliphatic heterocycles. The summed E-state index contributed by atoms with van der Waals surface area (Å²) in [6.07, 6.45) is 5.51. The zero-order valence-electron chi connectivity index (χ0n) is 11.3. The molecular weight excluding hydrogens is 244 g/mol. The largest absolute Gasteiger partial charge is 0.472 e. The van der Waals surface area contributed by atoms with E-state index in [1.54, 1.807) is 11.0 Å². The van der Waals surface area contributed by atoms with Crippen LogP contribution in [-0.2, 0) is 4.79 Å². The van der Waals surface area contributed by atoms with Crippen molar-refractivity contribution in [3.05, 3.63) is 24.2 Å². The molecule has 0 radical (unpaired) electrons. The second kappa shape index (κ2) is 6.41. The van der Waals surface area contributed by atoms with Gasteiger partial charge in [-0.05, 0) is 25.8 Å². The number of likely N-dealkylation sites (tertiary alicyclic amines) is 1. The average Bonchev–Trinajstić information content (AvgIpc) is 3.11. The van der Waals surface area contributed by atoms with Crippen molar-refractivity contribution in [3.8, 4) is 0 Å². The third kappa shape index (κ3) is 3.36. The summed E-state index contributed by atoms with van der Waals surface area (Å²) in [5, 5.41) is 0. The van der Waals surface area contributed by atoms with Crippen LogP contribution in [-0.4, -0.2) is 47.8 Å². The summed E-state index contributed by atoms with van der Waals surface area (Å²) in [7, 11) is 0. The molecule has 19 heavy (non-hydrogen) atoms. The summed E-state index contributed by atoms with van der Waals surface area (Å²) in [6, 6.07) is 1.65. The molecule has 0 saturated carbocycles. The van der Waals surface area contributed by atoms with Gasteiger partial charge in [-0.3, -0.25) is 9.59 Å². The van der Waals surface area contributed by atoms with E-state index in [-0.39, 0.29) is 11.8 Å². The van der Waals surface area contributed by atoms with Crippen LogP contribution in [0.15, 0.2) is 23.0 Å². The molecule has 2 heterocycles. The van der Waals surface area contributed by atoms with Crippen LogP contribution < -0.4 is 0 Å². The van der Waals surface area contributed by atoms with Crippen molar-refractivity contribution in [1.29, 1.82) is 0 Å². The van der Waals surface area contributed by atoms with Gasteiger partial charge in [-0.15, -0.1) is 0 Å². The first kappa shape index (κ1) is 13.6. The Morgan fingerprint density at radius 3 is 2.68 bits per heavy atom. The van der Waals surface area contributed by atoms with Crippen LogP contribution in [0.3, 0.4) is 0 Å². The van der Waals surface area contributed by atoms with Gasteiger partial charge < -0.3 is 14.2 Å². The van der Waals surface area contributed by atoms with Gasteiger partial charge in [0.1, 0.15) is 6.26 Å². The molecule has 0 spiro atoms. The van der Waals surface area contributed by atoms with Crippen LogP contribution in [0.2, 0.25) is 0 Å². The van der Waals surface area contributed by atoms with Crippen molar-refractivity contribution in [2.45, 2.75) is 26.2 Å². The summed E-state index contributed by atoms with van der Waals surface area (Å²) < 4.78 is 4.91. The van der Waals surface area contributed by atoms with Crippen LogP contribution in [0.25, 0.3) is 0 Å². The van der Waals surface area contributed by atoms with Gasteiger partial charge in [0.25, 0.3) is 5.91 Å². The molecule has 5 heteroatoms. The van der Waals surface area contributed by atoms with Crippen molar-refractivity contribution >= 4 is 11.8 Å². The van der Waals surface area contributed by atoms with E-state index >= 15 is 0 Å². The Bertz CT molecular complexity index is 422. The molecule has 1 aliphatic rings. The Morgan fingerprint density at radius 2 is 2.11 bits per heavy atom. The Balaban J connectivity index is 1.85. The van der Waals surface area contributed by atoms with Crippen LogP contribution >= 0.6 is 0 Å². The summed E-state index contributed by atoms with van der Waals surface area (Å²) >= 11 is 0. The number of amides is 2. The lowest BCUT2D eigenvalue weighted by atomic mass is 10.2. The standard InChI is InChI=1S/C14H20N2O3/c1-2-15(14(18)12-6-10-19-11-12)9-5-13(17)16-7-3-4-8-16/h6,10-11H,2-5,7-9H2,1H3. The normalized spacial score (nSPS) is 14.7. The van der Waals surface area contributed by atoms with E-state index in [1.165, 1.54) is 12.5 Å². The lowest BCUT2D eigenvalue weighted by molar-refractivity contribution is -0.130. The molecular formula is C14H20N2O3. The van der Waals surface area contributed by atoms with Gasteiger partial charge in [0.05, 0.1) is 11.8 Å². The zero-order chi connectivity index (χ0) is 13.7. The summed E-state index contributed by atoms with van der Waals surface area (Å²) in [4.78, 5) is 27.6. The van der Waals surface area contributed by atoms with E-state index < -0.39 is 0 Å². The van der Waals surface area contributed by atoms with Gasteiger partial charge in [0, 0.05) is 32.6 Å². The predicted molar refractivity (Wildman–Crippen MR) is 70.7 cm³/mol. The lowest BCUT2D eigenvalue weighted by Crippen LogP contribution is -2.36. The molecule has 0 unspecified atom stereocenters. The minimum Gasteiger partial charge on any atom is -0.472 e. The van der Waals surface area contributed by atoms with E-state index in [9.17, 15) is 9.59 Å². The highest BCUT2D eigenvalue weighted by atomic mass is 16.3. The van der Waals surface area contributed by atoms with Crippen molar-refractivity contribution in [2.24, 2.45) is 0 Å². The molecule has 0 N–H and O–H groups in total. The fourth-order valence-electron chi connectivity index (χ4n) is 2.33. The van der Waals surface area contributed by atoms with Crippen LogP contribution in [0.4, 0.5) is 0 Å². The first-order valence-corrected chi connectivity index (χ1v) is 6.81. The third-order valence-electron chi connectivity index (χ3n) is 3.49. The smallest absolute Gasteiger partial charge is 0.257 e. The van der Waals surface area contributed by atoms with Crippen molar-refractivity contribution < 1.29 is 14.0 Å². The first-order chi connectivity index (χ1) is 9.22. The SMILES string of the molecule is CCN(CCC(=O)N1CCCC1)C(=O)c1ccoc1. The fraction of sp³-hybridized carbons (Fsp3) is 0.571. The minimum absolute atomic E-state index is 0.0783. The molecule has 0 aliphatic carbocycles. The van der Waals surface area contributed by atoms with E-state index in [0.717, 1.165) is 25.9 Å². The number of furan rings is 1. The summed E-state index contributed by atoms with van der Waals surface area (Å²) in [6.45, 7) is 4.70. The third-order valence-corrected chi connectivity index (χ3v) is 3.49. The predicted octanol–water partition coefficient (Wildman–Crippen LogP) is 1.75. The molecule has 1 aromatic heterocycles. The molecule has 104 valence electrons. The molecule has 0 bridgehead atoms. The highest BCUT2D eigenvalue weighted by Crippen LogP contribution is 2.10. The number of carbonyl (C=O) groups is 2. The Morgan fingerprint density at radius 1 is 1.37 bits per heavy atom. The fourth-order valence-corrected chi connectivity index (χ4v) is 2.33. The maximum atomic E-state index is 12.1. The quantitative estimate of drug-likeness (QED) is 0.814. The molecule has 2 amide bonds. The number of rotatable bonds is 5. The molecule has 1 fully saturated rings. The van der Waals surface area contributed by atoms with E-state index in [1.807, 2.05) is 11.8 Å². The Kier molecular flexibility index (Phi) is 4.60. The maximum absolute atomic E-state index is 12.1. The number of hydrogen-bond donors (Lipinski definition) is 0. The van der Waals surface area contributed by atoms with Gasteiger partial charge in [-0.2, -0.15) is 0 Å². The summed E-state index contributed by atoms with van der Waals surface area (Å²) in [5.41, 5.74) is 0.537. The number of nitrogens with zero attached hydrogens (tertiary/aromatic N) is 2. The molecule has 2 rings (SSSR count). The van der Waals surface area contributed by atoms with Crippen molar-refractivity contribution in [1.82, 2.24) is 9.80 Å². The minimum atomic E-state index is -0.0783. The van der Waals surface area contributed by atoms with Gasteiger partial charge >= 0.3 is 0 Å². The summed E-state index contributed by atoms with van der Waals surface area (Å²) in [5.74, 6) is 0.0708. The number of carbonyl (C=O) groups excluding carboxylic acids is 2. The second-order valence-electron chi connectivity index (χ2n) is 4.73. The average molecular weight is 264 g/mol. The van der Waals surface area contributed by atoms with Crippen LogP contribution in [0.5, 0.6) is 0 Å². The lowest BCUT2D eigenvalue weighted by Gasteiger charge is -2.22. The van der Waals surface area contributed by atoms with Crippen LogP contribution in [0.1, 0.15) is 36.5 Å². The topological polar surface area (TPSA) is 53.8 Å². The molecule has 0 atom stereocenters. The zero-order valence-corrected chi connectivity index (χ0v) is 11.3. The maximum Gasteiger partial charge on any atom is 0.257 e. The van der Waals surface area contributed by atoms with Gasteiger partial charge in [0.2, 0.25) is 5.91 Å².